The summed E-state index contributed by atoms with van der Waals surface area (Å²) >= 11 is 0. The molecule has 8 nitrogen and oxygen atoms in total. The second-order valence-electron chi connectivity index (χ2n) is 8.08. The fourth-order valence-electron chi connectivity index (χ4n) is 4.19. The summed E-state index contributed by atoms with van der Waals surface area (Å²) in [6, 6.07) is 15.3. The van der Waals surface area contributed by atoms with E-state index in [0.29, 0.717) is 30.8 Å². The summed E-state index contributed by atoms with van der Waals surface area (Å²) in [5, 5.41) is 11.9. The minimum atomic E-state index is -0.515. The van der Waals surface area contributed by atoms with Crippen molar-refractivity contribution < 1.29 is 14.2 Å². The number of aromatic amines is 1. The molecule has 1 aliphatic heterocycles. The maximum atomic E-state index is 13.0. The summed E-state index contributed by atoms with van der Waals surface area (Å²) in [7, 11) is 0. The van der Waals surface area contributed by atoms with Gasteiger partial charge in [-0.25, -0.2) is 4.63 Å². The zero-order valence-electron chi connectivity index (χ0n) is 17.7. The Morgan fingerprint density at radius 2 is 2.00 bits per heavy atom. The molecule has 0 radical (unpaired) electrons. The Hall–Kier alpha value is -3.94. The van der Waals surface area contributed by atoms with E-state index >= 15 is 0 Å². The Morgan fingerprint density at radius 3 is 2.84 bits per heavy atom. The molecule has 8 heteroatoms. The molecule has 0 aliphatic carbocycles. The number of H-pyrrole nitrogens is 1. The lowest BCUT2D eigenvalue weighted by Crippen LogP contribution is -2.44. The molecule has 1 atom stereocenters. The van der Waals surface area contributed by atoms with Crippen LogP contribution in [-0.2, 0) is 22.7 Å². The van der Waals surface area contributed by atoms with Crippen LogP contribution in [0.1, 0.15) is 29.7 Å². The van der Waals surface area contributed by atoms with Gasteiger partial charge in [0.25, 0.3) is 0 Å². The van der Waals surface area contributed by atoms with Crippen LogP contribution in [0.25, 0.3) is 22.2 Å². The van der Waals surface area contributed by atoms with E-state index in [9.17, 15) is 9.59 Å². The lowest BCUT2D eigenvalue weighted by Gasteiger charge is -2.23. The Labute approximate surface area is 184 Å². The molecule has 162 valence electrons. The number of likely N-dealkylation sites (tertiary alicyclic amines) is 1. The van der Waals surface area contributed by atoms with Gasteiger partial charge in [-0.05, 0) is 30.1 Å². The Morgan fingerprint density at radius 1 is 1.19 bits per heavy atom. The highest BCUT2D eigenvalue weighted by Crippen LogP contribution is 2.26. The summed E-state index contributed by atoms with van der Waals surface area (Å²) in [6.45, 7) is 2.58. The first-order valence-corrected chi connectivity index (χ1v) is 10.6. The van der Waals surface area contributed by atoms with E-state index in [-0.39, 0.29) is 18.4 Å². The number of benzene rings is 2. The van der Waals surface area contributed by atoms with Crippen LogP contribution in [0.3, 0.4) is 0 Å². The maximum absolute atomic E-state index is 13.0. The van der Waals surface area contributed by atoms with Crippen LogP contribution in [0, 0.1) is 6.92 Å². The topological polar surface area (TPSA) is 104 Å². The maximum Gasteiger partial charge on any atom is 0.243 e. The van der Waals surface area contributed by atoms with Crippen molar-refractivity contribution in [2.75, 3.05) is 0 Å². The number of para-hydroxylation sites is 1. The third-order valence-electron chi connectivity index (χ3n) is 5.96. The zero-order valence-corrected chi connectivity index (χ0v) is 17.7. The molecule has 0 spiro atoms. The van der Waals surface area contributed by atoms with Gasteiger partial charge in [0, 0.05) is 35.6 Å². The van der Waals surface area contributed by atoms with Crippen molar-refractivity contribution in [1.82, 2.24) is 25.5 Å². The number of aromatic nitrogens is 3. The van der Waals surface area contributed by atoms with Gasteiger partial charge in [-0.15, -0.1) is 0 Å². The molecule has 2 amide bonds. The largest absolute Gasteiger partial charge is 0.361 e. The summed E-state index contributed by atoms with van der Waals surface area (Å²) in [5.74, 6) is -0.215. The summed E-state index contributed by atoms with van der Waals surface area (Å²) in [5.41, 5.74) is 5.17. The van der Waals surface area contributed by atoms with Crippen LogP contribution < -0.4 is 5.32 Å². The van der Waals surface area contributed by atoms with Crippen molar-refractivity contribution in [1.29, 1.82) is 0 Å². The summed E-state index contributed by atoms with van der Waals surface area (Å²) < 4.78 is 4.92. The molecule has 5 rings (SSSR count). The van der Waals surface area contributed by atoms with E-state index in [1.54, 1.807) is 4.90 Å². The number of fused-ring (bicyclic) bond motifs is 1. The molecule has 32 heavy (non-hydrogen) atoms. The molecule has 2 aromatic heterocycles. The minimum absolute atomic E-state index is 0.0149. The van der Waals surface area contributed by atoms with Crippen molar-refractivity contribution in [2.45, 2.75) is 38.9 Å². The van der Waals surface area contributed by atoms with Crippen LogP contribution in [0.5, 0.6) is 0 Å². The third kappa shape index (κ3) is 3.75. The highest BCUT2D eigenvalue weighted by molar-refractivity contribution is 5.91. The van der Waals surface area contributed by atoms with Gasteiger partial charge in [0.2, 0.25) is 11.8 Å². The van der Waals surface area contributed by atoms with E-state index in [1.807, 2.05) is 61.7 Å². The third-order valence-corrected chi connectivity index (χ3v) is 5.96. The van der Waals surface area contributed by atoms with Crippen LogP contribution in [0.2, 0.25) is 0 Å². The number of carbonyl (C=O) groups excluding carboxylic acids is 2. The van der Waals surface area contributed by atoms with E-state index in [2.05, 4.69) is 20.6 Å². The van der Waals surface area contributed by atoms with Crippen LogP contribution in [-0.4, -0.2) is 38.1 Å². The van der Waals surface area contributed by atoms with Gasteiger partial charge < -0.3 is 15.2 Å². The van der Waals surface area contributed by atoms with Crippen LogP contribution in [0.15, 0.2) is 59.4 Å². The highest BCUT2D eigenvalue weighted by Gasteiger charge is 2.36. The number of nitrogens with zero attached hydrogens (tertiary/aromatic N) is 3. The molecule has 0 bridgehead atoms. The average molecular weight is 429 g/mol. The van der Waals surface area contributed by atoms with E-state index in [1.165, 1.54) is 0 Å². The highest BCUT2D eigenvalue weighted by atomic mass is 16.6. The van der Waals surface area contributed by atoms with Crippen molar-refractivity contribution in [3.8, 4) is 11.3 Å². The monoisotopic (exact) mass is 429 g/mol. The zero-order chi connectivity index (χ0) is 22.1. The van der Waals surface area contributed by atoms with E-state index in [4.69, 9.17) is 4.63 Å². The van der Waals surface area contributed by atoms with E-state index in [0.717, 1.165) is 27.6 Å². The lowest BCUT2D eigenvalue weighted by molar-refractivity contribution is -0.135. The summed E-state index contributed by atoms with van der Waals surface area (Å²) in [6.07, 6.45) is 2.76. The molecular formula is C24H23N5O3. The van der Waals surface area contributed by atoms with Gasteiger partial charge in [-0.2, -0.15) is 0 Å². The van der Waals surface area contributed by atoms with Gasteiger partial charge in [0.1, 0.15) is 17.4 Å². The van der Waals surface area contributed by atoms with Gasteiger partial charge >= 0.3 is 0 Å². The Balaban J connectivity index is 1.29. The molecule has 2 aromatic carbocycles. The average Bonchev–Trinajstić information content (AvgIpc) is 3.53. The van der Waals surface area contributed by atoms with Gasteiger partial charge in [-0.3, -0.25) is 9.59 Å². The standard InChI is InChI=1S/C24H23N5O3/c1-15-6-8-16(9-7-15)23-20(27-32-28-23)13-26-24(31)21-10-11-22(30)29(21)14-17-12-25-19-5-3-2-4-18(17)19/h2-9,12,21,25H,10-11,13-14H2,1H3,(H,26,31). The van der Waals surface area contributed by atoms with Crippen LogP contribution in [0.4, 0.5) is 0 Å². The van der Waals surface area contributed by atoms with Crippen molar-refractivity contribution in [3.05, 3.63) is 71.5 Å². The molecule has 1 saturated heterocycles. The molecule has 0 saturated carbocycles. The van der Waals surface area contributed by atoms with Crippen molar-refractivity contribution in [2.24, 2.45) is 0 Å². The van der Waals surface area contributed by atoms with Crippen molar-refractivity contribution >= 4 is 22.7 Å². The second-order valence-corrected chi connectivity index (χ2v) is 8.08. The molecule has 3 heterocycles. The first kappa shape index (κ1) is 20.0. The fourth-order valence-corrected chi connectivity index (χ4v) is 4.19. The smallest absolute Gasteiger partial charge is 0.243 e. The number of aryl methyl sites for hydroxylation is 1. The summed E-state index contributed by atoms with van der Waals surface area (Å²) in [4.78, 5) is 30.4. The van der Waals surface area contributed by atoms with Gasteiger partial charge in [0.05, 0.1) is 6.54 Å². The van der Waals surface area contributed by atoms with Gasteiger partial charge in [0.15, 0.2) is 0 Å². The quantitative estimate of drug-likeness (QED) is 0.489. The molecule has 4 aromatic rings. The lowest BCUT2D eigenvalue weighted by atomic mass is 10.1. The van der Waals surface area contributed by atoms with Crippen LogP contribution >= 0.6 is 0 Å². The molecule has 1 fully saturated rings. The predicted molar refractivity (Wildman–Crippen MR) is 118 cm³/mol. The predicted octanol–water partition coefficient (Wildman–Crippen LogP) is 3.33. The molecule has 1 unspecified atom stereocenters. The first-order valence-electron chi connectivity index (χ1n) is 10.6. The van der Waals surface area contributed by atoms with Crippen molar-refractivity contribution in [3.63, 3.8) is 0 Å². The number of nitrogens with one attached hydrogen (secondary N) is 2. The normalized spacial score (nSPS) is 16.1. The fraction of sp³-hybridized carbons (Fsp3) is 0.250. The first-order chi connectivity index (χ1) is 15.6. The Bertz CT molecular complexity index is 1270. The SMILES string of the molecule is Cc1ccc(-c2nonc2CNC(=O)C2CCC(=O)N2Cc2c[nH]c3ccccc23)cc1. The molecular weight excluding hydrogens is 406 g/mol. The number of carbonyl (C=O) groups is 2. The molecule has 1 aliphatic rings. The number of hydrogen-bond donors (Lipinski definition) is 2. The number of rotatable bonds is 6. The second kappa shape index (κ2) is 8.30. The molecule has 2 N–H and O–H groups in total. The number of amides is 2. The minimum Gasteiger partial charge on any atom is -0.361 e. The number of hydrogen-bond acceptors (Lipinski definition) is 5. The van der Waals surface area contributed by atoms with E-state index < -0.39 is 6.04 Å². The Kier molecular flexibility index (Phi) is 5.18. The van der Waals surface area contributed by atoms with Gasteiger partial charge in [-0.1, -0.05) is 53.2 Å².